The molecule has 2 N–H and O–H groups in total. The zero-order valence-electron chi connectivity index (χ0n) is 10.2. The average molecular weight is 248 g/mol. The summed E-state index contributed by atoms with van der Waals surface area (Å²) in [6.45, 7) is 1.71. The summed E-state index contributed by atoms with van der Waals surface area (Å²) in [7, 11) is 0. The number of nitrogens with one attached hydrogen (secondary N) is 1. The van der Waals surface area contributed by atoms with Crippen molar-refractivity contribution in [3.05, 3.63) is 23.4 Å². The predicted octanol–water partition coefficient (Wildman–Crippen LogP) is 1.82. The Balaban J connectivity index is 1.74. The maximum atomic E-state index is 10.9. The Morgan fingerprint density at radius 1 is 1.50 bits per heavy atom. The van der Waals surface area contributed by atoms with Crippen molar-refractivity contribution in [1.29, 1.82) is 0 Å². The molecule has 18 heavy (non-hydrogen) atoms. The topological polar surface area (TPSA) is 71.5 Å². The van der Waals surface area contributed by atoms with Crippen LogP contribution in [0.15, 0.2) is 12.1 Å². The molecule has 2 bridgehead atoms. The number of aromatic carboxylic acids is 1. The van der Waals surface area contributed by atoms with Gasteiger partial charge in [0.1, 0.15) is 5.82 Å². The number of aromatic nitrogens is 1. The van der Waals surface area contributed by atoms with E-state index in [1.54, 1.807) is 19.1 Å². The van der Waals surface area contributed by atoms with Gasteiger partial charge >= 0.3 is 5.97 Å². The lowest BCUT2D eigenvalue weighted by Gasteiger charge is -2.20. The second-order valence-electron chi connectivity index (χ2n) is 5.00. The van der Waals surface area contributed by atoms with Gasteiger partial charge in [0.05, 0.1) is 29.5 Å². The minimum Gasteiger partial charge on any atom is -0.478 e. The second-order valence-corrected chi connectivity index (χ2v) is 5.00. The predicted molar refractivity (Wildman–Crippen MR) is 65.9 cm³/mol. The number of rotatable bonds is 3. The van der Waals surface area contributed by atoms with Crippen molar-refractivity contribution < 1.29 is 14.6 Å². The summed E-state index contributed by atoms with van der Waals surface area (Å²) < 4.78 is 5.76. The number of carboxylic acid groups (broad SMARTS) is 1. The normalized spacial score (nSPS) is 29.5. The highest BCUT2D eigenvalue weighted by molar-refractivity contribution is 5.89. The molecule has 2 saturated heterocycles. The third kappa shape index (κ3) is 1.95. The van der Waals surface area contributed by atoms with Gasteiger partial charge in [0, 0.05) is 0 Å². The quantitative estimate of drug-likeness (QED) is 0.853. The summed E-state index contributed by atoms with van der Waals surface area (Å²) in [5, 5.41) is 12.3. The van der Waals surface area contributed by atoms with Crippen LogP contribution in [0.25, 0.3) is 0 Å². The maximum absolute atomic E-state index is 10.9. The van der Waals surface area contributed by atoms with E-state index in [2.05, 4.69) is 10.3 Å². The Morgan fingerprint density at radius 2 is 2.33 bits per heavy atom. The number of pyridine rings is 1. The molecule has 5 heteroatoms. The van der Waals surface area contributed by atoms with Gasteiger partial charge in [-0.25, -0.2) is 9.78 Å². The average Bonchev–Trinajstić information content (AvgIpc) is 2.90. The molecule has 0 amide bonds. The van der Waals surface area contributed by atoms with E-state index in [0.717, 1.165) is 25.1 Å². The van der Waals surface area contributed by atoms with Gasteiger partial charge in [0.2, 0.25) is 0 Å². The highest BCUT2D eigenvalue weighted by atomic mass is 16.5. The Labute approximate surface area is 105 Å². The van der Waals surface area contributed by atoms with E-state index in [-0.39, 0.29) is 11.7 Å². The molecular weight excluding hydrogens is 232 g/mol. The fraction of sp³-hybridized carbons (Fsp3) is 0.538. The van der Waals surface area contributed by atoms with Gasteiger partial charge in [0.15, 0.2) is 0 Å². The van der Waals surface area contributed by atoms with Gasteiger partial charge < -0.3 is 15.2 Å². The zero-order chi connectivity index (χ0) is 12.7. The number of aryl methyl sites for hydroxylation is 1. The first kappa shape index (κ1) is 11.5. The van der Waals surface area contributed by atoms with Crippen molar-refractivity contribution >= 4 is 11.8 Å². The lowest BCUT2D eigenvalue weighted by atomic mass is 9.95. The molecule has 3 atom stereocenters. The first-order valence-corrected chi connectivity index (χ1v) is 6.26. The van der Waals surface area contributed by atoms with Crippen molar-refractivity contribution in [2.24, 2.45) is 0 Å². The lowest BCUT2D eigenvalue weighted by molar-refractivity contribution is 0.0695. The molecule has 0 aromatic carbocycles. The van der Waals surface area contributed by atoms with Gasteiger partial charge in [-0.15, -0.1) is 0 Å². The smallest absolute Gasteiger partial charge is 0.337 e. The third-order valence-corrected chi connectivity index (χ3v) is 3.76. The molecule has 2 fully saturated rings. The van der Waals surface area contributed by atoms with Gasteiger partial charge in [0.25, 0.3) is 0 Å². The molecule has 3 heterocycles. The molecule has 96 valence electrons. The van der Waals surface area contributed by atoms with E-state index in [1.165, 1.54) is 0 Å². The van der Waals surface area contributed by atoms with Crippen molar-refractivity contribution in [1.82, 2.24) is 4.98 Å². The number of hydrogen-bond acceptors (Lipinski definition) is 4. The number of anilines is 1. The van der Waals surface area contributed by atoms with E-state index in [0.29, 0.717) is 17.8 Å². The van der Waals surface area contributed by atoms with Crippen LogP contribution in [0.5, 0.6) is 0 Å². The number of carboxylic acids is 1. The van der Waals surface area contributed by atoms with Gasteiger partial charge in [-0.3, -0.25) is 0 Å². The van der Waals surface area contributed by atoms with Crippen molar-refractivity contribution in [2.75, 3.05) is 5.32 Å². The summed E-state index contributed by atoms with van der Waals surface area (Å²) in [4.78, 5) is 15.2. The number of ether oxygens (including phenoxy) is 1. The van der Waals surface area contributed by atoms with Crippen molar-refractivity contribution in [3.63, 3.8) is 0 Å². The van der Waals surface area contributed by atoms with E-state index in [9.17, 15) is 4.79 Å². The van der Waals surface area contributed by atoms with Crippen LogP contribution in [0.4, 0.5) is 5.82 Å². The van der Waals surface area contributed by atoms with Crippen LogP contribution in [0, 0.1) is 6.92 Å². The summed E-state index contributed by atoms with van der Waals surface area (Å²) in [5.41, 5.74) is 0.793. The van der Waals surface area contributed by atoms with Crippen LogP contribution in [-0.4, -0.2) is 34.3 Å². The highest BCUT2D eigenvalue weighted by Gasteiger charge is 2.40. The highest BCUT2D eigenvalue weighted by Crippen LogP contribution is 2.35. The Morgan fingerprint density at radius 3 is 2.89 bits per heavy atom. The lowest BCUT2D eigenvalue weighted by Crippen LogP contribution is -2.30. The minimum atomic E-state index is -0.935. The fourth-order valence-corrected chi connectivity index (χ4v) is 2.85. The number of nitrogens with zero attached hydrogens (tertiary/aromatic N) is 1. The Hall–Kier alpha value is -1.62. The second kappa shape index (κ2) is 4.24. The van der Waals surface area contributed by atoms with E-state index >= 15 is 0 Å². The number of fused-ring (bicyclic) bond motifs is 2. The molecule has 0 spiro atoms. The van der Waals surface area contributed by atoms with Gasteiger partial charge in [-0.1, -0.05) is 0 Å². The number of hydrogen-bond donors (Lipinski definition) is 2. The maximum Gasteiger partial charge on any atom is 0.337 e. The van der Waals surface area contributed by atoms with Gasteiger partial charge in [-0.2, -0.15) is 0 Å². The van der Waals surface area contributed by atoms with Crippen molar-refractivity contribution in [3.8, 4) is 0 Å². The molecule has 1 aromatic heterocycles. The number of carbonyl (C=O) groups is 1. The summed E-state index contributed by atoms with van der Waals surface area (Å²) in [5.74, 6) is -0.201. The first-order chi connectivity index (χ1) is 8.63. The Kier molecular flexibility index (Phi) is 2.70. The summed E-state index contributed by atoms with van der Waals surface area (Å²) in [6.07, 6.45) is 3.97. The Bertz CT molecular complexity index is 489. The largest absolute Gasteiger partial charge is 0.478 e. The fourth-order valence-electron chi connectivity index (χ4n) is 2.85. The van der Waals surface area contributed by atoms with Crippen LogP contribution in [0.1, 0.15) is 35.3 Å². The molecule has 1 aromatic rings. The van der Waals surface area contributed by atoms with Crippen LogP contribution in [-0.2, 0) is 4.74 Å². The standard InChI is InChI=1S/C13H16N2O3/c1-7-9(13(16)17)3-5-12(14-7)15-10-6-8-2-4-11(10)18-8/h3,5,8,10-11H,2,4,6H2,1H3,(H,14,15)(H,16,17). The molecule has 0 aliphatic carbocycles. The van der Waals surface area contributed by atoms with E-state index in [1.807, 2.05) is 0 Å². The molecule has 5 nitrogen and oxygen atoms in total. The first-order valence-electron chi connectivity index (χ1n) is 6.26. The van der Waals surface area contributed by atoms with Crippen LogP contribution in [0.3, 0.4) is 0 Å². The molecule has 0 saturated carbocycles. The SMILES string of the molecule is Cc1nc(NC2CC3CCC2O3)ccc1C(=O)O. The molecule has 3 unspecified atom stereocenters. The van der Waals surface area contributed by atoms with Crippen LogP contribution >= 0.6 is 0 Å². The molecule has 0 radical (unpaired) electrons. The molecular formula is C13H16N2O3. The van der Waals surface area contributed by atoms with E-state index in [4.69, 9.17) is 9.84 Å². The summed E-state index contributed by atoms with van der Waals surface area (Å²) in [6, 6.07) is 3.63. The minimum absolute atomic E-state index is 0.254. The van der Waals surface area contributed by atoms with Gasteiger partial charge in [-0.05, 0) is 38.3 Å². The molecule has 2 aliphatic heterocycles. The monoisotopic (exact) mass is 248 g/mol. The van der Waals surface area contributed by atoms with Crippen molar-refractivity contribution in [2.45, 2.75) is 44.4 Å². The molecule has 2 aliphatic rings. The third-order valence-electron chi connectivity index (χ3n) is 3.76. The van der Waals surface area contributed by atoms with Crippen LogP contribution < -0.4 is 5.32 Å². The zero-order valence-corrected chi connectivity index (χ0v) is 10.2. The molecule has 3 rings (SSSR count). The van der Waals surface area contributed by atoms with Crippen LogP contribution in [0.2, 0.25) is 0 Å². The summed E-state index contributed by atoms with van der Waals surface area (Å²) >= 11 is 0. The van der Waals surface area contributed by atoms with E-state index < -0.39 is 5.97 Å².